The maximum atomic E-state index is 12.2. The molecule has 1 saturated heterocycles. The van der Waals surface area contributed by atoms with E-state index in [4.69, 9.17) is 0 Å². The van der Waals surface area contributed by atoms with E-state index in [0.29, 0.717) is 5.92 Å². The third-order valence-corrected chi connectivity index (χ3v) is 3.26. The second-order valence-corrected chi connectivity index (χ2v) is 5.11. The Morgan fingerprint density at radius 1 is 1.44 bits per heavy atom. The molecule has 1 fully saturated rings. The number of likely N-dealkylation sites (N-methyl/N-ethyl adjacent to an activating group) is 2. The lowest BCUT2D eigenvalue weighted by Crippen LogP contribution is -2.46. The smallest absolute Gasteiger partial charge is 0.239 e. The number of carbonyl (C=O) groups is 1. The number of amides is 1. The lowest BCUT2D eigenvalue weighted by Gasteiger charge is -2.26. The van der Waals surface area contributed by atoms with Crippen LogP contribution in [0.2, 0.25) is 0 Å². The molecule has 0 aromatic rings. The standard InChI is InChI=1S/C12H25N3O/c1-10-5-6-11(13-2)12(16)15(9-10)8-7-14(3)4/h10-11,13H,5-9H2,1-4H3. The van der Waals surface area contributed by atoms with E-state index < -0.39 is 0 Å². The lowest BCUT2D eigenvalue weighted by molar-refractivity contribution is -0.133. The predicted molar refractivity (Wildman–Crippen MR) is 66.4 cm³/mol. The summed E-state index contributed by atoms with van der Waals surface area (Å²) in [6, 6.07) is 0.0205. The van der Waals surface area contributed by atoms with Crippen molar-refractivity contribution in [1.29, 1.82) is 0 Å². The molecular weight excluding hydrogens is 202 g/mol. The van der Waals surface area contributed by atoms with E-state index in [1.165, 1.54) is 0 Å². The highest BCUT2D eigenvalue weighted by atomic mass is 16.2. The Hall–Kier alpha value is -0.610. The molecule has 1 N–H and O–H groups in total. The number of likely N-dealkylation sites (tertiary alicyclic amines) is 1. The van der Waals surface area contributed by atoms with Crippen LogP contribution in [0.3, 0.4) is 0 Å². The van der Waals surface area contributed by atoms with E-state index in [2.05, 4.69) is 17.1 Å². The molecule has 0 aromatic heterocycles. The van der Waals surface area contributed by atoms with Gasteiger partial charge in [0.1, 0.15) is 0 Å². The van der Waals surface area contributed by atoms with E-state index in [9.17, 15) is 4.79 Å². The Balaban J connectivity index is 2.59. The Morgan fingerprint density at radius 3 is 2.69 bits per heavy atom. The second kappa shape index (κ2) is 6.21. The van der Waals surface area contributed by atoms with Crippen molar-refractivity contribution in [2.24, 2.45) is 5.92 Å². The van der Waals surface area contributed by atoms with E-state index in [0.717, 1.165) is 32.5 Å². The van der Waals surface area contributed by atoms with E-state index in [1.54, 1.807) is 0 Å². The molecular formula is C12H25N3O. The van der Waals surface area contributed by atoms with Gasteiger partial charge < -0.3 is 15.1 Å². The number of nitrogens with zero attached hydrogens (tertiary/aromatic N) is 2. The van der Waals surface area contributed by atoms with Crippen molar-refractivity contribution in [2.75, 3.05) is 40.8 Å². The molecule has 1 aliphatic heterocycles. The SMILES string of the molecule is CNC1CCC(C)CN(CCN(C)C)C1=O. The van der Waals surface area contributed by atoms with Crippen LogP contribution < -0.4 is 5.32 Å². The molecule has 1 rings (SSSR count). The topological polar surface area (TPSA) is 35.6 Å². The summed E-state index contributed by atoms with van der Waals surface area (Å²) in [5, 5.41) is 3.13. The zero-order chi connectivity index (χ0) is 12.1. The summed E-state index contributed by atoms with van der Waals surface area (Å²) < 4.78 is 0. The van der Waals surface area contributed by atoms with Gasteiger partial charge >= 0.3 is 0 Å². The fraction of sp³-hybridized carbons (Fsp3) is 0.917. The van der Waals surface area contributed by atoms with Crippen LogP contribution in [0.15, 0.2) is 0 Å². The summed E-state index contributed by atoms with van der Waals surface area (Å²) in [5.41, 5.74) is 0. The molecule has 0 bridgehead atoms. The maximum absolute atomic E-state index is 12.2. The summed E-state index contributed by atoms with van der Waals surface area (Å²) in [6.45, 7) is 4.92. The minimum atomic E-state index is 0.0205. The molecule has 0 aromatic carbocycles. The van der Waals surface area contributed by atoms with Gasteiger partial charge in [0, 0.05) is 19.6 Å². The van der Waals surface area contributed by atoms with Crippen molar-refractivity contribution in [1.82, 2.24) is 15.1 Å². The predicted octanol–water partition coefficient (Wildman–Crippen LogP) is 0.395. The molecule has 2 unspecified atom stereocenters. The van der Waals surface area contributed by atoms with Crippen LogP contribution in [0.4, 0.5) is 0 Å². The van der Waals surface area contributed by atoms with Gasteiger partial charge in [0.05, 0.1) is 6.04 Å². The number of rotatable bonds is 4. The van der Waals surface area contributed by atoms with Crippen LogP contribution in [0.1, 0.15) is 19.8 Å². The average Bonchev–Trinajstić information content (AvgIpc) is 2.36. The molecule has 0 aliphatic carbocycles. The van der Waals surface area contributed by atoms with Crippen LogP contribution in [0.5, 0.6) is 0 Å². The second-order valence-electron chi connectivity index (χ2n) is 5.11. The summed E-state index contributed by atoms with van der Waals surface area (Å²) in [6.07, 6.45) is 2.10. The molecule has 0 saturated carbocycles. The Morgan fingerprint density at radius 2 is 2.12 bits per heavy atom. The van der Waals surface area contributed by atoms with E-state index in [1.807, 2.05) is 26.0 Å². The van der Waals surface area contributed by atoms with Gasteiger partial charge in [0.2, 0.25) is 5.91 Å². The number of hydrogen-bond donors (Lipinski definition) is 1. The summed E-state index contributed by atoms with van der Waals surface area (Å²) in [5.74, 6) is 0.887. The first-order chi connectivity index (χ1) is 7.54. The molecule has 4 heteroatoms. The molecule has 2 atom stereocenters. The average molecular weight is 227 g/mol. The number of carbonyl (C=O) groups excluding carboxylic acids is 1. The fourth-order valence-corrected chi connectivity index (χ4v) is 2.14. The quantitative estimate of drug-likeness (QED) is 0.755. The highest BCUT2D eigenvalue weighted by Gasteiger charge is 2.27. The van der Waals surface area contributed by atoms with Gasteiger partial charge in [-0.25, -0.2) is 0 Å². The van der Waals surface area contributed by atoms with Gasteiger partial charge in [0.25, 0.3) is 0 Å². The van der Waals surface area contributed by atoms with Gasteiger partial charge in [-0.2, -0.15) is 0 Å². The molecule has 1 heterocycles. The zero-order valence-corrected chi connectivity index (χ0v) is 11.0. The molecule has 16 heavy (non-hydrogen) atoms. The fourth-order valence-electron chi connectivity index (χ4n) is 2.14. The van der Waals surface area contributed by atoms with E-state index in [-0.39, 0.29) is 11.9 Å². The molecule has 94 valence electrons. The highest BCUT2D eigenvalue weighted by Crippen LogP contribution is 2.16. The molecule has 0 spiro atoms. The first kappa shape index (κ1) is 13.5. The monoisotopic (exact) mass is 227 g/mol. The largest absolute Gasteiger partial charge is 0.340 e. The summed E-state index contributed by atoms with van der Waals surface area (Å²) in [7, 11) is 5.96. The minimum Gasteiger partial charge on any atom is -0.340 e. The van der Waals surface area contributed by atoms with Gasteiger partial charge in [-0.3, -0.25) is 4.79 Å². The van der Waals surface area contributed by atoms with Crippen LogP contribution >= 0.6 is 0 Å². The van der Waals surface area contributed by atoms with Crippen molar-refractivity contribution in [3.63, 3.8) is 0 Å². The van der Waals surface area contributed by atoms with Gasteiger partial charge in [-0.1, -0.05) is 6.92 Å². The third-order valence-electron chi connectivity index (χ3n) is 3.26. The van der Waals surface area contributed by atoms with Gasteiger partial charge in [-0.15, -0.1) is 0 Å². The van der Waals surface area contributed by atoms with Crippen LogP contribution in [0, 0.1) is 5.92 Å². The first-order valence-corrected chi connectivity index (χ1v) is 6.15. The lowest BCUT2D eigenvalue weighted by atomic mass is 10.0. The Labute approximate surface area is 99.0 Å². The highest BCUT2D eigenvalue weighted by molar-refractivity contribution is 5.82. The van der Waals surface area contributed by atoms with Crippen LogP contribution in [-0.2, 0) is 4.79 Å². The van der Waals surface area contributed by atoms with Crippen molar-refractivity contribution in [3.8, 4) is 0 Å². The van der Waals surface area contributed by atoms with Crippen molar-refractivity contribution < 1.29 is 4.79 Å². The van der Waals surface area contributed by atoms with Crippen LogP contribution in [0.25, 0.3) is 0 Å². The zero-order valence-electron chi connectivity index (χ0n) is 11.0. The Kier molecular flexibility index (Phi) is 5.22. The van der Waals surface area contributed by atoms with Crippen molar-refractivity contribution in [3.05, 3.63) is 0 Å². The molecule has 1 amide bonds. The van der Waals surface area contributed by atoms with Crippen LogP contribution in [-0.4, -0.2) is 62.5 Å². The van der Waals surface area contributed by atoms with Crippen molar-refractivity contribution in [2.45, 2.75) is 25.8 Å². The third kappa shape index (κ3) is 3.76. The number of nitrogens with one attached hydrogen (secondary N) is 1. The molecule has 4 nitrogen and oxygen atoms in total. The molecule has 1 aliphatic rings. The van der Waals surface area contributed by atoms with Gasteiger partial charge in [0.15, 0.2) is 0 Å². The van der Waals surface area contributed by atoms with Crippen molar-refractivity contribution >= 4 is 5.91 Å². The summed E-state index contributed by atoms with van der Waals surface area (Å²) >= 11 is 0. The van der Waals surface area contributed by atoms with E-state index >= 15 is 0 Å². The number of hydrogen-bond acceptors (Lipinski definition) is 3. The normalized spacial score (nSPS) is 27.3. The first-order valence-electron chi connectivity index (χ1n) is 6.15. The Bertz CT molecular complexity index is 230. The molecule has 0 radical (unpaired) electrons. The maximum Gasteiger partial charge on any atom is 0.239 e. The minimum absolute atomic E-state index is 0.0205. The summed E-state index contributed by atoms with van der Waals surface area (Å²) in [4.78, 5) is 16.3. The van der Waals surface area contributed by atoms with Gasteiger partial charge in [-0.05, 0) is 39.9 Å².